The molecule has 4 nitrogen and oxygen atoms in total. The monoisotopic (exact) mass is 207 g/mol. The normalized spacial score (nSPS) is 15.4. The van der Waals surface area contributed by atoms with Crippen molar-refractivity contribution in [3.8, 4) is 0 Å². The van der Waals surface area contributed by atoms with Crippen LogP contribution in [0.5, 0.6) is 0 Å². The van der Waals surface area contributed by atoms with Crippen LogP contribution in [0.4, 0.5) is 5.82 Å². The Labute approximate surface area is 90.0 Å². The molecule has 1 N–H and O–H groups in total. The van der Waals surface area contributed by atoms with Crippen LogP contribution in [-0.2, 0) is 0 Å². The van der Waals surface area contributed by atoms with E-state index in [0.29, 0.717) is 12.6 Å². The molecule has 0 unspecified atom stereocenters. The maximum Gasteiger partial charge on any atom is 0.132 e. The van der Waals surface area contributed by atoms with E-state index in [4.69, 9.17) is 5.11 Å². The number of aliphatic hydroxyl groups excluding tert-OH is 1. The van der Waals surface area contributed by atoms with Gasteiger partial charge in [0.1, 0.15) is 11.6 Å². The lowest BCUT2D eigenvalue weighted by molar-refractivity contribution is 0.301. The third-order valence-electron chi connectivity index (χ3n) is 2.58. The van der Waals surface area contributed by atoms with Gasteiger partial charge in [0.15, 0.2) is 0 Å². The molecule has 1 aliphatic carbocycles. The molecule has 15 heavy (non-hydrogen) atoms. The summed E-state index contributed by atoms with van der Waals surface area (Å²) in [6, 6.07) is 2.56. The molecule has 0 radical (unpaired) electrons. The van der Waals surface area contributed by atoms with Crippen LogP contribution in [0, 0.1) is 13.8 Å². The van der Waals surface area contributed by atoms with E-state index in [1.165, 1.54) is 12.8 Å². The summed E-state index contributed by atoms with van der Waals surface area (Å²) in [5.74, 6) is 1.75. The molecule has 0 spiro atoms. The highest BCUT2D eigenvalue weighted by Crippen LogP contribution is 2.30. The predicted octanol–water partition coefficient (Wildman–Crippen LogP) is 1.05. The highest BCUT2D eigenvalue weighted by Gasteiger charge is 2.29. The Bertz CT molecular complexity index is 329. The Morgan fingerprint density at radius 1 is 1.40 bits per heavy atom. The zero-order valence-corrected chi connectivity index (χ0v) is 9.27. The Balaban J connectivity index is 2.24. The van der Waals surface area contributed by atoms with Gasteiger partial charge in [-0.15, -0.1) is 0 Å². The van der Waals surface area contributed by atoms with Crippen LogP contribution in [0.15, 0.2) is 6.07 Å². The molecule has 82 valence electrons. The van der Waals surface area contributed by atoms with Gasteiger partial charge in [-0.1, -0.05) is 0 Å². The van der Waals surface area contributed by atoms with Crippen molar-refractivity contribution in [1.29, 1.82) is 0 Å². The first kappa shape index (κ1) is 10.4. The second kappa shape index (κ2) is 4.14. The van der Waals surface area contributed by atoms with Crippen LogP contribution in [-0.4, -0.2) is 34.3 Å². The molecular formula is C11H17N3O. The fraction of sp³-hybridized carbons (Fsp3) is 0.636. The van der Waals surface area contributed by atoms with Crippen LogP contribution in [0.1, 0.15) is 24.4 Å². The van der Waals surface area contributed by atoms with E-state index >= 15 is 0 Å². The summed E-state index contributed by atoms with van der Waals surface area (Å²) in [6.07, 6.45) is 2.42. The zero-order chi connectivity index (χ0) is 10.8. The molecule has 1 aromatic heterocycles. The summed E-state index contributed by atoms with van der Waals surface area (Å²) in [7, 11) is 0. The first-order valence-electron chi connectivity index (χ1n) is 5.40. The Kier molecular flexibility index (Phi) is 2.86. The second-order valence-corrected chi connectivity index (χ2v) is 4.06. The van der Waals surface area contributed by atoms with Crippen molar-refractivity contribution in [3.05, 3.63) is 17.6 Å². The Morgan fingerprint density at radius 3 is 2.67 bits per heavy atom. The average molecular weight is 207 g/mol. The molecule has 1 aromatic rings. The van der Waals surface area contributed by atoms with Gasteiger partial charge in [0.2, 0.25) is 0 Å². The van der Waals surface area contributed by atoms with Gasteiger partial charge < -0.3 is 10.0 Å². The summed E-state index contributed by atoms with van der Waals surface area (Å²) < 4.78 is 0. The van der Waals surface area contributed by atoms with E-state index in [2.05, 4.69) is 14.9 Å². The summed E-state index contributed by atoms with van der Waals surface area (Å²) in [4.78, 5) is 10.9. The molecule has 0 aromatic carbocycles. The minimum absolute atomic E-state index is 0.179. The molecule has 1 saturated carbocycles. The molecule has 0 atom stereocenters. The molecule has 0 saturated heterocycles. The van der Waals surface area contributed by atoms with Gasteiger partial charge in [-0.25, -0.2) is 9.97 Å². The number of anilines is 1. The quantitative estimate of drug-likeness (QED) is 0.802. The van der Waals surface area contributed by atoms with Gasteiger partial charge in [0.25, 0.3) is 0 Å². The largest absolute Gasteiger partial charge is 0.395 e. The van der Waals surface area contributed by atoms with Crippen LogP contribution >= 0.6 is 0 Å². The third-order valence-corrected chi connectivity index (χ3v) is 2.58. The maximum atomic E-state index is 9.03. The SMILES string of the molecule is Cc1cc(N(CCO)C2CC2)nc(C)n1. The van der Waals surface area contributed by atoms with E-state index in [-0.39, 0.29) is 6.61 Å². The summed E-state index contributed by atoms with van der Waals surface area (Å²) >= 11 is 0. The first-order chi connectivity index (χ1) is 7.20. The smallest absolute Gasteiger partial charge is 0.132 e. The number of hydrogen-bond acceptors (Lipinski definition) is 4. The van der Waals surface area contributed by atoms with Crippen molar-refractivity contribution >= 4 is 5.82 Å². The van der Waals surface area contributed by atoms with Crippen molar-refractivity contribution in [2.75, 3.05) is 18.1 Å². The van der Waals surface area contributed by atoms with Gasteiger partial charge in [-0.05, 0) is 26.7 Å². The van der Waals surface area contributed by atoms with Gasteiger partial charge in [0, 0.05) is 24.3 Å². The number of aliphatic hydroxyl groups is 1. The Morgan fingerprint density at radius 2 is 2.13 bits per heavy atom. The maximum absolute atomic E-state index is 9.03. The first-order valence-corrected chi connectivity index (χ1v) is 5.40. The number of hydrogen-bond donors (Lipinski definition) is 1. The van der Waals surface area contributed by atoms with E-state index in [1.54, 1.807) is 0 Å². The van der Waals surface area contributed by atoms with Crippen LogP contribution in [0.3, 0.4) is 0 Å². The predicted molar refractivity (Wildman–Crippen MR) is 59.0 cm³/mol. The van der Waals surface area contributed by atoms with Crippen molar-refractivity contribution in [2.45, 2.75) is 32.7 Å². The third kappa shape index (κ3) is 2.45. The molecular weight excluding hydrogens is 190 g/mol. The van der Waals surface area contributed by atoms with Crippen LogP contribution in [0.2, 0.25) is 0 Å². The molecule has 0 aliphatic heterocycles. The molecule has 1 heterocycles. The fourth-order valence-electron chi connectivity index (χ4n) is 1.82. The molecule has 4 heteroatoms. The summed E-state index contributed by atoms with van der Waals surface area (Å²) in [5.41, 5.74) is 0.987. The lowest BCUT2D eigenvalue weighted by Crippen LogP contribution is -2.30. The molecule has 0 bridgehead atoms. The molecule has 1 fully saturated rings. The lowest BCUT2D eigenvalue weighted by Gasteiger charge is -2.22. The highest BCUT2D eigenvalue weighted by molar-refractivity contribution is 5.42. The molecule has 1 aliphatic rings. The average Bonchev–Trinajstić information content (AvgIpc) is 2.95. The minimum atomic E-state index is 0.179. The second-order valence-electron chi connectivity index (χ2n) is 4.06. The van der Waals surface area contributed by atoms with Gasteiger partial charge in [0.05, 0.1) is 6.61 Å². The highest BCUT2D eigenvalue weighted by atomic mass is 16.3. The van der Waals surface area contributed by atoms with Crippen molar-refractivity contribution in [3.63, 3.8) is 0 Å². The van der Waals surface area contributed by atoms with Gasteiger partial charge in [-0.2, -0.15) is 0 Å². The fourth-order valence-corrected chi connectivity index (χ4v) is 1.82. The number of aryl methyl sites for hydroxylation is 2. The van der Waals surface area contributed by atoms with Crippen molar-refractivity contribution < 1.29 is 5.11 Å². The van der Waals surface area contributed by atoms with Crippen LogP contribution in [0.25, 0.3) is 0 Å². The molecule has 2 rings (SSSR count). The van der Waals surface area contributed by atoms with Gasteiger partial charge >= 0.3 is 0 Å². The van der Waals surface area contributed by atoms with E-state index in [9.17, 15) is 0 Å². The number of aromatic nitrogens is 2. The zero-order valence-electron chi connectivity index (χ0n) is 9.27. The topological polar surface area (TPSA) is 49.2 Å². The van der Waals surface area contributed by atoms with Crippen molar-refractivity contribution in [2.24, 2.45) is 0 Å². The lowest BCUT2D eigenvalue weighted by atomic mass is 10.3. The Hall–Kier alpha value is -1.16. The minimum Gasteiger partial charge on any atom is -0.395 e. The number of rotatable bonds is 4. The molecule has 0 amide bonds. The van der Waals surface area contributed by atoms with Crippen LogP contribution < -0.4 is 4.90 Å². The standard InChI is InChI=1S/C11H17N3O/c1-8-7-11(13-9(2)12-8)14(5-6-15)10-3-4-10/h7,10,15H,3-6H2,1-2H3. The van der Waals surface area contributed by atoms with E-state index in [0.717, 1.165) is 17.3 Å². The summed E-state index contributed by atoms with van der Waals surface area (Å²) in [6.45, 7) is 4.72. The van der Waals surface area contributed by atoms with Crippen molar-refractivity contribution in [1.82, 2.24) is 9.97 Å². The summed E-state index contributed by atoms with van der Waals surface area (Å²) in [5, 5.41) is 9.03. The van der Waals surface area contributed by atoms with E-state index in [1.807, 2.05) is 19.9 Å². The number of nitrogens with zero attached hydrogens (tertiary/aromatic N) is 3. The van der Waals surface area contributed by atoms with Gasteiger partial charge in [-0.3, -0.25) is 0 Å². The van der Waals surface area contributed by atoms with E-state index < -0.39 is 0 Å².